The molecule has 3 rings (SSSR count). The second kappa shape index (κ2) is 7.33. The minimum atomic E-state index is -3.94. The van der Waals surface area contributed by atoms with E-state index >= 15 is 0 Å². The molecule has 27 heavy (non-hydrogen) atoms. The van der Waals surface area contributed by atoms with E-state index in [1.165, 1.54) is 23.1 Å². The SMILES string of the molecule is CN1C(=O)C(CCNS(=O)(=O)c2cccc([N+](=O)[O-])c2)Oc2ccccc21. The van der Waals surface area contributed by atoms with Crippen molar-refractivity contribution in [2.45, 2.75) is 17.4 Å². The van der Waals surface area contributed by atoms with Gasteiger partial charge in [0.1, 0.15) is 5.75 Å². The summed E-state index contributed by atoms with van der Waals surface area (Å²) in [4.78, 5) is 23.8. The number of amides is 1. The minimum Gasteiger partial charge on any atom is -0.478 e. The summed E-state index contributed by atoms with van der Waals surface area (Å²) in [6.45, 7) is -0.0581. The highest BCUT2D eigenvalue weighted by molar-refractivity contribution is 7.89. The molecule has 0 saturated heterocycles. The summed E-state index contributed by atoms with van der Waals surface area (Å²) < 4.78 is 32.7. The summed E-state index contributed by atoms with van der Waals surface area (Å²) >= 11 is 0. The molecule has 1 N–H and O–H groups in total. The first kappa shape index (κ1) is 18.8. The predicted octanol–water partition coefficient (Wildman–Crippen LogP) is 1.69. The van der Waals surface area contributed by atoms with Gasteiger partial charge in [0.2, 0.25) is 10.0 Å². The van der Waals surface area contributed by atoms with Gasteiger partial charge in [0.05, 0.1) is 15.5 Å². The molecule has 142 valence electrons. The standard InChI is InChI=1S/C17H17N3O6S/c1-19-14-7-2-3-8-15(14)26-16(17(19)21)9-10-18-27(24,25)13-6-4-5-12(11-13)20(22)23/h2-8,11,16,18H,9-10H2,1H3. The van der Waals surface area contributed by atoms with E-state index in [0.717, 1.165) is 6.07 Å². The first-order chi connectivity index (χ1) is 12.8. The average molecular weight is 391 g/mol. The van der Waals surface area contributed by atoms with Crippen molar-refractivity contribution >= 4 is 27.3 Å². The lowest BCUT2D eigenvalue weighted by Gasteiger charge is -2.31. The summed E-state index contributed by atoms with van der Waals surface area (Å²) in [5.74, 6) is 0.273. The van der Waals surface area contributed by atoms with Crippen LogP contribution in [0, 0.1) is 10.1 Å². The Morgan fingerprint density at radius 3 is 2.70 bits per heavy atom. The van der Waals surface area contributed by atoms with Gasteiger partial charge in [-0.1, -0.05) is 18.2 Å². The Morgan fingerprint density at radius 1 is 1.22 bits per heavy atom. The van der Waals surface area contributed by atoms with Crippen LogP contribution in [0.1, 0.15) is 6.42 Å². The molecule has 0 saturated carbocycles. The number of likely N-dealkylation sites (N-methyl/N-ethyl adjacent to an activating group) is 1. The topological polar surface area (TPSA) is 119 Å². The first-order valence-corrected chi connectivity index (χ1v) is 9.55. The molecule has 0 aliphatic carbocycles. The molecule has 10 heteroatoms. The summed E-state index contributed by atoms with van der Waals surface area (Å²) in [6.07, 6.45) is -0.705. The molecule has 1 amide bonds. The number of benzene rings is 2. The number of anilines is 1. The van der Waals surface area contributed by atoms with Crippen molar-refractivity contribution in [2.24, 2.45) is 0 Å². The maximum Gasteiger partial charge on any atom is 0.270 e. The second-order valence-corrected chi connectivity index (χ2v) is 7.68. The largest absolute Gasteiger partial charge is 0.478 e. The molecule has 9 nitrogen and oxygen atoms in total. The maximum absolute atomic E-state index is 12.4. The zero-order chi connectivity index (χ0) is 19.6. The third-order valence-electron chi connectivity index (χ3n) is 4.14. The number of para-hydroxylation sites is 2. The van der Waals surface area contributed by atoms with Crippen molar-refractivity contribution in [2.75, 3.05) is 18.5 Å². The molecule has 0 radical (unpaired) electrons. The van der Waals surface area contributed by atoms with Gasteiger partial charge >= 0.3 is 0 Å². The van der Waals surface area contributed by atoms with Gasteiger partial charge in [-0.3, -0.25) is 14.9 Å². The normalized spacial score (nSPS) is 16.6. The molecule has 0 bridgehead atoms. The molecule has 2 aromatic rings. The van der Waals surface area contributed by atoms with Crippen LogP contribution < -0.4 is 14.4 Å². The number of nitrogens with zero attached hydrogens (tertiary/aromatic N) is 2. The number of rotatable bonds is 6. The fourth-order valence-corrected chi connectivity index (χ4v) is 3.81. The molecule has 0 spiro atoms. The minimum absolute atomic E-state index is 0.0581. The number of carbonyl (C=O) groups excluding carboxylic acids is 1. The highest BCUT2D eigenvalue weighted by Gasteiger charge is 2.32. The quantitative estimate of drug-likeness (QED) is 0.591. The Morgan fingerprint density at radius 2 is 1.96 bits per heavy atom. The van der Waals surface area contributed by atoms with E-state index in [-0.39, 0.29) is 29.5 Å². The number of carbonyl (C=O) groups is 1. The summed E-state index contributed by atoms with van der Waals surface area (Å²) in [5, 5.41) is 10.8. The Labute approximate surface area is 155 Å². The van der Waals surface area contributed by atoms with E-state index in [0.29, 0.717) is 11.4 Å². The van der Waals surface area contributed by atoms with Gasteiger partial charge in [0.15, 0.2) is 6.10 Å². The van der Waals surface area contributed by atoms with Crippen LogP contribution in [0.25, 0.3) is 0 Å². The zero-order valence-electron chi connectivity index (χ0n) is 14.4. The van der Waals surface area contributed by atoms with Gasteiger partial charge in [0, 0.05) is 32.1 Å². The third-order valence-corrected chi connectivity index (χ3v) is 5.60. The van der Waals surface area contributed by atoms with Gasteiger partial charge in [-0.05, 0) is 18.2 Å². The van der Waals surface area contributed by atoms with Gasteiger partial charge in [-0.15, -0.1) is 0 Å². The molecular formula is C17H17N3O6S. The summed E-state index contributed by atoms with van der Waals surface area (Å²) in [6, 6.07) is 11.8. The number of hydrogen-bond acceptors (Lipinski definition) is 6. The zero-order valence-corrected chi connectivity index (χ0v) is 15.2. The number of ether oxygens (including phenoxy) is 1. The Hall–Kier alpha value is -2.98. The number of nitro benzene ring substituents is 1. The molecule has 1 aliphatic heterocycles. The summed E-state index contributed by atoms with van der Waals surface area (Å²) in [7, 11) is -2.31. The van der Waals surface area contributed by atoms with Crippen LogP contribution in [0.5, 0.6) is 5.75 Å². The van der Waals surface area contributed by atoms with Crippen LogP contribution in [0.15, 0.2) is 53.4 Å². The number of fused-ring (bicyclic) bond motifs is 1. The van der Waals surface area contributed by atoms with Crippen molar-refractivity contribution < 1.29 is 22.9 Å². The van der Waals surface area contributed by atoms with Crippen LogP contribution in [-0.2, 0) is 14.8 Å². The number of sulfonamides is 1. The number of non-ortho nitro benzene ring substituents is 1. The van der Waals surface area contributed by atoms with Crippen molar-refractivity contribution in [1.29, 1.82) is 0 Å². The Balaban J connectivity index is 1.67. The van der Waals surface area contributed by atoms with Crippen molar-refractivity contribution in [3.05, 3.63) is 58.6 Å². The van der Waals surface area contributed by atoms with Crippen molar-refractivity contribution in [1.82, 2.24) is 4.72 Å². The van der Waals surface area contributed by atoms with E-state index in [1.54, 1.807) is 31.3 Å². The van der Waals surface area contributed by atoms with Crippen LogP contribution in [0.3, 0.4) is 0 Å². The lowest BCUT2D eigenvalue weighted by molar-refractivity contribution is -0.385. The van der Waals surface area contributed by atoms with Gasteiger partial charge in [-0.2, -0.15) is 0 Å². The van der Waals surface area contributed by atoms with Gasteiger partial charge in [0.25, 0.3) is 11.6 Å². The van der Waals surface area contributed by atoms with E-state index < -0.39 is 21.1 Å². The van der Waals surface area contributed by atoms with Crippen molar-refractivity contribution in [3.63, 3.8) is 0 Å². The fraction of sp³-hybridized carbons (Fsp3) is 0.235. The van der Waals surface area contributed by atoms with Crippen LogP contribution in [0.2, 0.25) is 0 Å². The predicted molar refractivity (Wildman–Crippen MR) is 97.2 cm³/mol. The van der Waals surface area contributed by atoms with Crippen LogP contribution in [-0.4, -0.2) is 38.9 Å². The molecular weight excluding hydrogens is 374 g/mol. The first-order valence-electron chi connectivity index (χ1n) is 8.07. The second-order valence-electron chi connectivity index (χ2n) is 5.91. The number of hydrogen-bond donors (Lipinski definition) is 1. The molecule has 2 aromatic carbocycles. The molecule has 1 atom stereocenters. The lowest BCUT2D eigenvalue weighted by atomic mass is 10.1. The van der Waals surface area contributed by atoms with Crippen molar-refractivity contribution in [3.8, 4) is 5.75 Å². The molecule has 1 heterocycles. The third kappa shape index (κ3) is 3.91. The van der Waals surface area contributed by atoms with E-state index in [1.807, 2.05) is 0 Å². The smallest absolute Gasteiger partial charge is 0.270 e. The highest BCUT2D eigenvalue weighted by atomic mass is 32.2. The van der Waals surface area contributed by atoms with Gasteiger partial charge < -0.3 is 9.64 Å². The average Bonchev–Trinajstić information content (AvgIpc) is 2.65. The van der Waals surface area contributed by atoms with E-state index in [9.17, 15) is 23.3 Å². The molecule has 0 fully saturated rings. The number of nitro groups is 1. The fourth-order valence-electron chi connectivity index (χ4n) is 2.73. The van der Waals surface area contributed by atoms with Gasteiger partial charge in [-0.25, -0.2) is 13.1 Å². The monoisotopic (exact) mass is 391 g/mol. The lowest BCUT2D eigenvalue weighted by Crippen LogP contribution is -2.45. The highest BCUT2D eigenvalue weighted by Crippen LogP contribution is 2.33. The molecule has 1 unspecified atom stereocenters. The molecule has 0 aromatic heterocycles. The Bertz CT molecular complexity index is 992. The Kier molecular flexibility index (Phi) is 5.10. The summed E-state index contributed by atoms with van der Waals surface area (Å²) in [5.41, 5.74) is 0.331. The van der Waals surface area contributed by atoms with Crippen LogP contribution >= 0.6 is 0 Å². The van der Waals surface area contributed by atoms with E-state index in [4.69, 9.17) is 4.74 Å². The van der Waals surface area contributed by atoms with Crippen LogP contribution in [0.4, 0.5) is 11.4 Å². The molecule has 1 aliphatic rings. The maximum atomic E-state index is 12.4. The number of nitrogens with one attached hydrogen (secondary N) is 1. The van der Waals surface area contributed by atoms with E-state index in [2.05, 4.69) is 4.72 Å².